The smallest absolute Gasteiger partial charge is 0.251 e. The number of amides is 1. The van der Waals surface area contributed by atoms with Gasteiger partial charge in [0.1, 0.15) is 5.82 Å². The number of hydrogen-bond acceptors (Lipinski definition) is 4. The Morgan fingerprint density at radius 2 is 2.32 bits per heavy atom. The number of nitrogen functional groups attached to an aromatic ring is 1. The van der Waals surface area contributed by atoms with Crippen LogP contribution in [-0.4, -0.2) is 17.4 Å². The van der Waals surface area contributed by atoms with Gasteiger partial charge in [0, 0.05) is 22.7 Å². The Kier molecular flexibility index (Phi) is 4.52. The van der Waals surface area contributed by atoms with Gasteiger partial charge in [0.05, 0.1) is 0 Å². The van der Waals surface area contributed by atoms with Gasteiger partial charge in [-0.25, -0.2) is 4.98 Å². The molecule has 5 heteroatoms. The fourth-order valence-corrected chi connectivity index (χ4v) is 2.49. The fraction of sp³-hybridized carbons (Fsp3) is 0.286. The number of aryl methyl sites for hydroxylation is 1. The average molecular weight is 275 g/mol. The molecule has 0 unspecified atom stereocenters. The van der Waals surface area contributed by atoms with Gasteiger partial charge in [-0.1, -0.05) is 13.0 Å². The normalized spacial score (nSPS) is 10.4. The van der Waals surface area contributed by atoms with Gasteiger partial charge in [-0.2, -0.15) is 0 Å². The Labute approximate surface area is 116 Å². The Morgan fingerprint density at radius 1 is 1.47 bits per heavy atom. The van der Waals surface area contributed by atoms with E-state index in [0.29, 0.717) is 17.9 Å². The van der Waals surface area contributed by atoms with E-state index < -0.39 is 0 Å². The largest absolute Gasteiger partial charge is 0.384 e. The molecule has 0 radical (unpaired) electrons. The van der Waals surface area contributed by atoms with Crippen molar-refractivity contribution >= 4 is 23.1 Å². The lowest BCUT2D eigenvalue weighted by Crippen LogP contribution is -2.25. The first kappa shape index (κ1) is 13.5. The number of nitrogens with one attached hydrogen (secondary N) is 1. The lowest BCUT2D eigenvalue weighted by Gasteiger charge is -2.06. The highest BCUT2D eigenvalue weighted by molar-refractivity contribution is 7.09. The number of anilines is 1. The van der Waals surface area contributed by atoms with Gasteiger partial charge >= 0.3 is 0 Å². The average Bonchev–Trinajstić information content (AvgIpc) is 2.91. The van der Waals surface area contributed by atoms with Gasteiger partial charge in [-0.05, 0) is 36.4 Å². The quantitative estimate of drug-likeness (QED) is 0.879. The van der Waals surface area contributed by atoms with E-state index in [1.807, 2.05) is 18.4 Å². The minimum atomic E-state index is -0.0969. The Balaban J connectivity index is 1.94. The van der Waals surface area contributed by atoms with Gasteiger partial charge in [0.15, 0.2) is 0 Å². The van der Waals surface area contributed by atoms with E-state index in [1.165, 1.54) is 4.88 Å². The summed E-state index contributed by atoms with van der Waals surface area (Å²) in [5.41, 5.74) is 7.10. The lowest BCUT2D eigenvalue weighted by atomic mass is 10.2. The first-order valence-corrected chi connectivity index (χ1v) is 7.14. The summed E-state index contributed by atoms with van der Waals surface area (Å²) in [6.45, 7) is 2.61. The Morgan fingerprint density at radius 3 is 3.00 bits per heavy atom. The molecule has 2 heterocycles. The van der Waals surface area contributed by atoms with Crippen molar-refractivity contribution in [2.75, 3.05) is 12.3 Å². The second kappa shape index (κ2) is 6.33. The van der Waals surface area contributed by atoms with E-state index >= 15 is 0 Å². The molecule has 0 saturated carbocycles. The predicted molar refractivity (Wildman–Crippen MR) is 78.4 cm³/mol. The minimum Gasteiger partial charge on any atom is -0.384 e. The molecule has 4 nitrogen and oxygen atoms in total. The molecule has 0 fully saturated rings. The third kappa shape index (κ3) is 3.79. The maximum Gasteiger partial charge on any atom is 0.251 e. The maximum absolute atomic E-state index is 12.0. The number of aromatic nitrogens is 1. The highest BCUT2D eigenvalue weighted by atomic mass is 32.1. The molecule has 2 rings (SSSR count). The molecule has 0 aliphatic heterocycles. The van der Waals surface area contributed by atoms with Gasteiger partial charge in [0.25, 0.3) is 5.91 Å². The summed E-state index contributed by atoms with van der Waals surface area (Å²) >= 11 is 1.70. The molecule has 100 valence electrons. The van der Waals surface area contributed by atoms with E-state index in [9.17, 15) is 4.79 Å². The van der Waals surface area contributed by atoms with Gasteiger partial charge in [-0.15, -0.1) is 11.3 Å². The number of carbonyl (C=O) groups excluding carboxylic acids is 1. The molecular formula is C14H17N3OS. The molecular weight excluding hydrogens is 258 g/mol. The zero-order valence-electron chi connectivity index (χ0n) is 10.8. The Bertz CT molecular complexity index is 552. The zero-order chi connectivity index (χ0) is 13.7. The third-order valence-corrected chi connectivity index (χ3v) is 3.70. The van der Waals surface area contributed by atoms with Crippen LogP contribution in [0.2, 0.25) is 0 Å². The lowest BCUT2D eigenvalue weighted by molar-refractivity contribution is 0.0954. The van der Waals surface area contributed by atoms with E-state index in [-0.39, 0.29) is 5.91 Å². The molecule has 0 saturated heterocycles. The van der Waals surface area contributed by atoms with Crippen LogP contribution in [0.1, 0.15) is 27.9 Å². The second-order valence-electron chi connectivity index (χ2n) is 4.21. The van der Waals surface area contributed by atoms with E-state index in [2.05, 4.69) is 16.4 Å². The first-order valence-electron chi connectivity index (χ1n) is 6.26. The van der Waals surface area contributed by atoms with Crippen LogP contribution in [0.5, 0.6) is 0 Å². The standard InChI is InChI=1S/C14H17N3OS/c1-2-11-8-10(9-13(15)17-11)14(18)16-6-5-12-4-3-7-19-12/h3-4,7-9H,2,5-6H2,1H3,(H2,15,17)(H,16,18). The van der Waals surface area contributed by atoms with Crippen LogP contribution in [0.15, 0.2) is 29.6 Å². The van der Waals surface area contributed by atoms with Crippen molar-refractivity contribution in [3.8, 4) is 0 Å². The van der Waals surface area contributed by atoms with Crippen LogP contribution >= 0.6 is 11.3 Å². The van der Waals surface area contributed by atoms with Crippen molar-refractivity contribution in [1.29, 1.82) is 0 Å². The van der Waals surface area contributed by atoms with E-state index in [0.717, 1.165) is 18.5 Å². The highest BCUT2D eigenvalue weighted by Gasteiger charge is 2.08. The summed E-state index contributed by atoms with van der Waals surface area (Å²) in [5.74, 6) is 0.295. The van der Waals surface area contributed by atoms with Crippen LogP contribution in [0.4, 0.5) is 5.82 Å². The molecule has 0 atom stereocenters. The number of nitrogens with two attached hydrogens (primary N) is 1. The van der Waals surface area contributed by atoms with Crippen LogP contribution in [0, 0.1) is 0 Å². The molecule has 0 aromatic carbocycles. The number of hydrogen-bond donors (Lipinski definition) is 2. The fourth-order valence-electron chi connectivity index (χ4n) is 1.78. The predicted octanol–water partition coefficient (Wildman–Crippen LogP) is 2.26. The molecule has 2 aromatic heterocycles. The number of thiophene rings is 1. The van der Waals surface area contributed by atoms with Crippen LogP contribution in [-0.2, 0) is 12.8 Å². The maximum atomic E-state index is 12.0. The van der Waals surface area contributed by atoms with Crippen molar-refractivity contribution in [1.82, 2.24) is 10.3 Å². The Hall–Kier alpha value is -1.88. The minimum absolute atomic E-state index is 0.0969. The van der Waals surface area contributed by atoms with E-state index in [1.54, 1.807) is 23.5 Å². The SMILES string of the molecule is CCc1cc(C(=O)NCCc2cccs2)cc(N)n1. The van der Waals surface area contributed by atoms with Crippen molar-refractivity contribution in [3.63, 3.8) is 0 Å². The molecule has 1 amide bonds. The molecule has 3 N–H and O–H groups in total. The highest BCUT2D eigenvalue weighted by Crippen LogP contribution is 2.10. The molecule has 19 heavy (non-hydrogen) atoms. The molecule has 0 bridgehead atoms. The zero-order valence-corrected chi connectivity index (χ0v) is 11.7. The molecule has 0 aliphatic rings. The van der Waals surface area contributed by atoms with Gasteiger partial charge < -0.3 is 11.1 Å². The number of pyridine rings is 1. The monoisotopic (exact) mass is 275 g/mol. The van der Waals surface area contributed by atoms with Crippen molar-refractivity contribution in [2.24, 2.45) is 0 Å². The van der Waals surface area contributed by atoms with Gasteiger partial charge in [-0.3, -0.25) is 4.79 Å². The summed E-state index contributed by atoms with van der Waals surface area (Å²) in [6, 6.07) is 7.48. The molecule has 0 aliphatic carbocycles. The summed E-state index contributed by atoms with van der Waals surface area (Å²) in [7, 11) is 0. The second-order valence-corrected chi connectivity index (χ2v) is 5.24. The van der Waals surface area contributed by atoms with Gasteiger partial charge in [0.2, 0.25) is 0 Å². The summed E-state index contributed by atoms with van der Waals surface area (Å²) in [4.78, 5) is 17.4. The molecule has 0 spiro atoms. The third-order valence-electron chi connectivity index (χ3n) is 2.76. The topological polar surface area (TPSA) is 68.0 Å². The summed E-state index contributed by atoms with van der Waals surface area (Å²) in [5, 5.41) is 4.94. The number of rotatable bonds is 5. The van der Waals surface area contributed by atoms with Crippen LogP contribution in [0.25, 0.3) is 0 Å². The van der Waals surface area contributed by atoms with Crippen LogP contribution in [0.3, 0.4) is 0 Å². The van der Waals surface area contributed by atoms with Crippen molar-refractivity contribution in [2.45, 2.75) is 19.8 Å². The van der Waals surface area contributed by atoms with Crippen molar-refractivity contribution in [3.05, 3.63) is 45.8 Å². The number of carbonyl (C=O) groups is 1. The first-order chi connectivity index (χ1) is 9.19. The summed E-state index contributed by atoms with van der Waals surface area (Å²) < 4.78 is 0. The molecule has 2 aromatic rings. The number of nitrogens with zero attached hydrogens (tertiary/aromatic N) is 1. The van der Waals surface area contributed by atoms with Crippen molar-refractivity contribution < 1.29 is 4.79 Å². The summed E-state index contributed by atoms with van der Waals surface area (Å²) in [6.07, 6.45) is 1.62. The van der Waals surface area contributed by atoms with E-state index in [4.69, 9.17) is 5.73 Å². The van der Waals surface area contributed by atoms with Crippen LogP contribution < -0.4 is 11.1 Å².